The molecule has 2 aromatic heterocycles. The monoisotopic (exact) mass is 340 g/mol. The Balaban J connectivity index is 1.33. The molecule has 2 aliphatic rings. The zero-order valence-corrected chi connectivity index (χ0v) is 14.3. The highest BCUT2D eigenvalue weighted by atomic mass is 16.2. The molecule has 1 atom stereocenters. The van der Waals surface area contributed by atoms with E-state index < -0.39 is 0 Å². The highest BCUT2D eigenvalue weighted by molar-refractivity contribution is 5.94. The van der Waals surface area contributed by atoms with E-state index in [0.717, 1.165) is 50.4 Å². The highest BCUT2D eigenvalue weighted by Gasteiger charge is 2.31. The second kappa shape index (κ2) is 7.31. The van der Waals surface area contributed by atoms with E-state index in [1.807, 2.05) is 4.90 Å². The van der Waals surface area contributed by atoms with Crippen LogP contribution in [-0.2, 0) is 0 Å². The average molecular weight is 340 g/mol. The van der Waals surface area contributed by atoms with Gasteiger partial charge in [-0.25, -0.2) is 4.98 Å². The van der Waals surface area contributed by atoms with Crippen molar-refractivity contribution in [2.45, 2.75) is 37.6 Å². The number of carbonyl (C=O) groups is 1. The van der Waals surface area contributed by atoms with Crippen molar-refractivity contribution in [3.8, 4) is 0 Å². The molecule has 2 aromatic rings. The lowest BCUT2D eigenvalue weighted by atomic mass is 9.93. The summed E-state index contributed by atoms with van der Waals surface area (Å²) in [6.07, 6.45) is 9.40. The topological polar surface area (TPSA) is 78.0 Å². The lowest BCUT2D eigenvalue weighted by Gasteiger charge is -2.42. The number of piperidine rings is 2. The minimum atomic E-state index is 0.124. The van der Waals surface area contributed by atoms with Gasteiger partial charge in [-0.15, -0.1) is 0 Å². The van der Waals surface area contributed by atoms with E-state index in [1.165, 1.54) is 12.8 Å². The minimum Gasteiger partial charge on any atom is -0.339 e. The SMILES string of the molecule is O=C(c1ccncc1)N1CCC(N2CCCC(c3ncn[nH]3)C2)CC1. The predicted molar refractivity (Wildman–Crippen MR) is 93.1 cm³/mol. The largest absolute Gasteiger partial charge is 0.339 e. The first kappa shape index (κ1) is 16.2. The number of aromatic amines is 1. The van der Waals surface area contributed by atoms with E-state index >= 15 is 0 Å². The standard InChI is InChI=1S/C18H24N6O/c25-18(14-3-7-19-8-4-14)23-10-5-16(6-11-23)24-9-1-2-15(12-24)17-20-13-21-22-17/h3-4,7-8,13,15-16H,1-2,5-6,9-12H2,(H,20,21,22). The summed E-state index contributed by atoms with van der Waals surface area (Å²) in [7, 11) is 0. The molecule has 0 saturated carbocycles. The van der Waals surface area contributed by atoms with E-state index in [9.17, 15) is 4.79 Å². The third kappa shape index (κ3) is 3.56. The molecule has 0 aliphatic carbocycles. The molecule has 1 N–H and O–H groups in total. The van der Waals surface area contributed by atoms with Crippen LogP contribution in [0.4, 0.5) is 0 Å². The van der Waals surface area contributed by atoms with E-state index in [0.29, 0.717) is 12.0 Å². The molecule has 2 aliphatic heterocycles. The molecular formula is C18H24N6O. The third-order valence-corrected chi connectivity index (χ3v) is 5.47. The van der Waals surface area contributed by atoms with Gasteiger partial charge in [0.25, 0.3) is 5.91 Å². The van der Waals surface area contributed by atoms with Gasteiger partial charge in [-0.2, -0.15) is 5.10 Å². The Labute approximate surface area is 147 Å². The molecule has 0 spiro atoms. The molecule has 2 saturated heterocycles. The molecule has 2 fully saturated rings. The summed E-state index contributed by atoms with van der Waals surface area (Å²) < 4.78 is 0. The van der Waals surface area contributed by atoms with E-state index in [1.54, 1.807) is 30.9 Å². The molecule has 7 heteroatoms. The first-order valence-electron chi connectivity index (χ1n) is 9.10. The van der Waals surface area contributed by atoms with E-state index in [2.05, 4.69) is 25.1 Å². The van der Waals surface area contributed by atoms with Crippen LogP contribution >= 0.6 is 0 Å². The second-order valence-corrected chi connectivity index (χ2v) is 6.96. The fraction of sp³-hybridized carbons (Fsp3) is 0.556. The molecule has 132 valence electrons. The van der Waals surface area contributed by atoms with Gasteiger partial charge in [0, 0.05) is 49.6 Å². The summed E-state index contributed by atoms with van der Waals surface area (Å²) in [6, 6.07) is 4.15. The van der Waals surface area contributed by atoms with Crippen molar-refractivity contribution in [3.63, 3.8) is 0 Å². The van der Waals surface area contributed by atoms with Crippen LogP contribution in [-0.4, -0.2) is 68.1 Å². The van der Waals surface area contributed by atoms with Gasteiger partial charge in [0.2, 0.25) is 0 Å². The van der Waals surface area contributed by atoms with Gasteiger partial charge in [-0.1, -0.05) is 0 Å². The Morgan fingerprint density at radius 1 is 1.12 bits per heavy atom. The number of aromatic nitrogens is 4. The van der Waals surface area contributed by atoms with Crippen LogP contribution in [0.15, 0.2) is 30.9 Å². The molecule has 1 unspecified atom stereocenters. The first-order chi connectivity index (χ1) is 12.3. The fourth-order valence-electron chi connectivity index (χ4n) is 4.08. The highest BCUT2D eigenvalue weighted by Crippen LogP contribution is 2.28. The van der Waals surface area contributed by atoms with Crippen molar-refractivity contribution in [1.82, 2.24) is 30.0 Å². The Kier molecular flexibility index (Phi) is 4.74. The maximum absolute atomic E-state index is 12.6. The second-order valence-electron chi connectivity index (χ2n) is 6.96. The molecule has 4 rings (SSSR count). The van der Waals surface area contributed by atoms with Crippen molar-refractivity contribution in [1.29, 1.82) is 0 Å². The molecule has 1 amide bonds. The molecule has 0 aromatic carbocycles. The first-order valence-corrected chi connectivity index (χ1v) is 9.10. The lowest BCUT2D eigenvalue weighted by Crippen LogP contribution is -2.49. The maximum Gasteiger partial charge on any atom is 0.253 e. The zero-order valence-electron chi connectivity index (χ0n) is 14.3. The number of nitrogens with one attached hydrogen (secondary N) is 1. The van der Waals surface area contributed by atoms with Crippen LogP contribution in [0, 0.1) is 0 Å². The van der Waals surface area contributed by atoms with Gasteiger partial charge >= 0.3 is 0 Å². The van der Waals surface area contributed by atoms with Crippen LogP contribution in [0.3, 0.4) is 0 Å². The molecular weight excluding hydrogens is 316 g/mol. The third-order valence-electron chi connectivity index (χ3n) is 5.47. The van der Waals surface area contributed by atoms with Crippen LogP contribution in [0.2, 0.25) is 0 Å². The van der Waals surface area contributed by atoms with Gasteiger partial charge in [0.1, 0.15) is 12.2 Å². The maximum atomic E-state index is 12.6. The quantitative estimate of drug-likeness (QED) is 0.920. The van der Waals surface area contributed by atoms with Gasteiger partial charge < -0.3 is 4.90 Å². The van der Waals surface area contributed by atoms with Crippen LogP contribution in [0.25, 0.3) is 0 Å². The van der Waals surface area contributed by atoms with Gasteiger partial charge in [-0.3, -0.25) is 19.8 Å². The van der Waals surface area contributed by atoms with Crippen LogP contribution in [0.5, 0.6) is 0 Å². The van der Waals surface area contributed by atoms with E-state index in [-0.39, 0.29) is 5.91 Å². The average Bonchev–Trinajstić information content (AvgIpc) is 3.23. The number of rotatable bonds is 3. The molecule has 0 bridgehead atoms. The summed E-state index contributed by atoms with van der Waals surface area (Å²) in [5.41, 5.74) is 0.733. The van der Waals surface area contributed by atoms with E-state index in [4.69, 9.17) is 0 Å². The molecule has 7 nitrogen and oxygen atoms in total. The molecule has 4 heterocycles. The summed E-state index contributed by atoms with van der Waals surface area (Å²) >= 11 is 0. The van der Waals surface area contributed by atoms with Crippen molar-refractivity contribution >= 4 is 5.91 Å². The Hall–Kier alpha value is -2.28. The normalized spacial score (nSPS) is 22.9. The predicted octanol–water partition coefficient (Wildman–Crippen LogP) is 1.68. The Bertz CT molecular complexity index is 681. The number of pyridine rings is 1. The van der Waals surface area contributed by atoms with Gasteiger partial charge in [0.05, 0.1) is 0 Å². The Morgan fingerprint density at radius 3 is 2.64 bits per heavy atom. The number of likely N-dealkylation sites (tertiary alicyclic amines) is 2. The van der Waals surface area contributed by atoms with Crippen LogP contribution < -0.4 is 0 Å². The number of nitrogens with zero attached hydrogens (tertiary/aromatic N) is 5. The number of carbonyl (C=O) groups excluding carboxylic acids is 1. The molecule has 0 radical (unpaired) electrons. The number of H-pyrrole nitrogens is 1. The smallest absolute Gasteiger partial charge is 0.253 e. The number of hydrogen-bond donors (Lipinski definition) is 1. The number of hydrogen-bond acceptors (Lipinski definition) is 5. The summed E-state index contributed by atoms with van der Waals surface area (Å²) in [6.45, 7) is 3.84. The van der Waals surface area contributed by atoms with Crippen molar-refractivity contribution in [2.75, 3.05) is 26.2 Å². The van der Waals surface area contributed by atoms with Crippen molar-refractivity contribution in [3.05, 3.63) is 42.2 Å². The summed E-state index contributed by atoms with van der Waals surface area (Å²) in [5, 5.41) is 7.01. The summed E-state index contributed by atoms with van der Waals surface area (Å²) in [5.74, 6) is 1.58. The number of amides is 1. The Morgan fingerprint density at radius 2 is 1.92 bits per heavy atom. The van der Waals surface area contributed by atoms with Crippen molar-refractivity contribution in [2.24, 2.45) is 0 Å². The summed E-state index contributed by atoms with van der Waals surface area (Å²) in [4.78, 5) is 25.4. The minimum absolute atomic E-state index is 0.124. The lowest BCUT2D eigenvalue weighted by molar-refractivity contribution is 0.0568. The fourth-order valence-corrected chi connectivity index (χ4v) is 4.08. The molecule has 25 heavy (non-hydrogen) atoms. The van der Waals surface area contributed by atoms with Crippen LogP contribution in [0.1, 0.15) is 47.8 Å². The zero-order chi connectivity index (χ0) is 17.1. The van der Waals surface area contributed by atoms with Gasteiger partial charge in [-0.05, 0) is 44.4 Å². The van der Waals surface area contributed by atoms with Crippen molar-refractivity contribution < 1.29 is 4.79 Å². The van der Waals surface area contributed by atoms with Gasteiger partial charge in [0.15, 0.2) is 0 Å².